The van der Waals surface area contributed by atoms with Gasteiger partial charge < -0.3 is 9.64 Å². The fourth-order valence-electron chi connectivity index (χ4n) is 9.34. The van der Waals surface area contributed by atoms with E-state index in [1.165, 1.54) is 61.5 Å². The first kappa shape index (κ1) is 26.2. The van der Waals surface area contributed by atoms with Gasteiger partial charge in [-0.3, -0.25) is 4.99 Å². The smallest absolute Gasteiger partial charge is 0.138 e. The lowest BCUT2D eigenvalue weighted by atomic mass is 9.59. The number of nitrogens with zero attached hydrogens (tertiary/aromatic N) is 2. The van der Waals surface area contributed by atoms with Crippen LogP contribution in [0.1, 0.15) is 46.6 Å². The van der Waals surface area contributed by atoms with Gasteiger partial charge in [-0.15, -0.1) is 0 Å². The summed E-state index contributed by atoms with van der Waals surface area (Å²) in [6.07, 6.45) is 18.9. The molecule has 4 heterocycles. The van der Waals surface area contributed by atoms with Crippen molar-refractivity contribution in [1.29, 1.82) is 0 Å². The largest absolute Gasteiger partial charge is 0.459 e. The highest BCUT2D eigenvalue weighted by Gasteiger charge is 2.57. The molecular weight excluding hydrogens is 585 g/mol. The van der Waals surface area contributed by atoms with Gasteiger partial charge in [-0.2, -0.15) is 0 Å². The number of para-hydroxylation sites is 2. The zero-order chi connectivity index (χ0) is 31.6. The molecule has 4 aliphatic heterocycles. The van der Waals surface area contributed by atoms with E-state index in [2.05, 4.69) is 137 Å². The molecule has 3 nitrogen and oxygen atoms in total. The summed E-state index contributed by atoms with van der Waals surface area (Å²) in [5.41, 5.74) is 18.4. The van der Waals surface area contributed by atoms with Crippen LogP contribution >= 0.6 is 0 Å². The maximum Gasteiger partial charge on any atom is 0.138 e. The molecule has 11 rings (SSSR count). The Labute approximate surface area is 279 Å². The van der Waals surface area contributed by atoms with Crippen molar-refractivity contribution in [3.8, 4) is 16.9 Å². The number of allylic oxidation sites excluding steroid dienone is 11. The summed E-state index contributed by atoms with van der Waals surface area (Å²) < 4.78 is 7.15. The number of aliphatic imine (C=N–C) groups is 1. The van der Waals surface area contributed by atoms with Gasteiger partial charge in [0.1, 0.15) is 11.5 Å². The number of fused-ring (bicyclic) bond motifs is 11. The number of rotatable bonds is 2. The molecular formula is C45H30N2O. The average molecular weight is 615 g/mol. The third-order valence-corrected chi connectivity index (χ3v) is 11.3. The highest BCUT2D eigenvalue weighted by atomic mass is 16.5. The van der Waals surface area contributed by atoms with E-state index in [1.807, 2.05) is 12.4 Å². The molecule has 7 aliphatic rings. The predicted molar refractivity (Wildman–Crippen MR) is 195 cm³/mol. The SMILES string of the molecule is C=C1/C=C\C=C/N2C3=C(CC4C(=C13)Oc1c(-c3ccc(C5=CN=C5)cc3)cccc14)C1(C3=C(C=CC3)c3ccccc31)c1ccccc12. The number of benzene rings is 4. The molecule has 48 heavy (non-hydrogen) atoms. The molecule has 3 heteroatoms. The first-order valence-corrected chi connectivity index (χ1v) is 16.8. The second-order valence-electron chi connectivity index (χ2n) is 13.5. The second-order valence-corrected chi connectivity index (χ2v) is 13.5. The fourth-order valence-corrected chi connectivity index (χ4v) is 9.34. The summed E-state index contributed by atoms with van der Waals surface area (Å²) in [4.78, 5) is 6.56. The summed E-state index contributed by atoms with van der Waals surface area (Å²) in [5, 5.41) is 0. The molecule has 0 saturated carbocycles. The molecule has 0 N–H and O–H groups in total. The third-order valence-electron chi connectivity index (χ3n) is 11.3. The van der Waals surface area contributed by atoms with Crippen molar-refractivity contribution < 1.29 is 4.74 Å². The third kappa shape index (κ3) is 3.16. The summed E-state index contributed by atoms with van der Waals surface area (Å²) in [5.74, 6) is 2.05. The average Bonchev–Trinajstić information content (AvgIpc) is 3.79. The van der Waals surface area contributed by atoms with Crippen LogP contribution in [0.2, 0.25) is 0 Å². The summed E-state index contributed by atoms with van der Waals surface area (Å²) in [7, 11) is 0. The van der Waals surface area contributed by atoms with Gasteiger partial charge in [0.05, 0.1) is 22.7 Å². The number of hydrogen-bond acceptors (Lipinski definition) is 3. The van der Waals surface area contributed by atoms with Crippen molar-refractivity contribution >= 4 is 23.0 Å². The minimum Gasteiger partial charge on any atom is -0.459 e. The van der Waals surface area contributed by atoms with Gasteiger partial charge in [0.2, 0.25) is 0 Å². The van der Waals surface area contributed by atoms with Crippen LogP contribution in [0, 0.1) is 0 Å². The quantitative estimate of drug-likeness (QED) is 0.224. The van der Waals surface area contributed by atoms with E-state index in [0.29, 0.717) is 0 Å². The standard InChI is InChI=1S/C45H30N2O/c1-27-10-6-7-23-47-40-18-5-4-16-38(40)45(36-15-3-2-11-32(36)33-13-9-17-37(33)45)39-24-35-34-14-8-12-31(43(34)48-44(35)41(27)42(39)47)29-21-19-28(20-22-29)30-25-46-26-30/h2-16,18-23,25-26,35H,1,17,24H2/b10-6-,23-7-. The minimum atomic E-state index is -0.374. The summed E-state index contributed by atoms with van der Waals surface area (Å²) in [6.45, 7) is 4.69. The van der Waals surface area contributed by atoms with Crippen LogP contribution in [-0.2, 0) is 5.41 Å². The van der Waals surface area contributed by atoms with Crippen LogP contribution in [-0.4, -0.2) is 6.21 Å². The van der Waals surface area contributed by atoms with Crippen molar-refractivity contribution in [3.05, 3.63) is 202 Å². The van der Waals surface area contributed by atoms with Crippen LogP contribution in [0.15, 0.2) is 179 Å². The number of hydrogen-bond donors (Lipinski definition) is 0. The van der Waals surface area contributed by atoms with E-state index in [-0.39, 0.29) is 11.3 Å². The Balaban J connectivity index is 1.17. The lowest BCUT2D eigenvalue weighted by molar-refractivity contribution is 0.412. The first-order valence-electron chi connectivity index (χ1n) is 16.8. The normalized spacial score (nSPS) is 24.6. The lowest BCUT2D eigenvalue weighted by Crippen LogP contribution is -2.42. The van der Waals surface area contributed by atoms with Gasteiger partial charge >= 0.3 is 0 Å². The predicted octanol–water partition coefficient (Wildman–Crippen LogP) is 10.3. The molecule has 0 radical (unpaired) electrons. The van der Waals surface area contributed by atoms with Gasteiger partial charge in [0.15, 0.2) is 0 Å². The Kier molecular flexibility index (Phi) is 5.09. The molecule has 2 atom stereocenters. The van der Waals surface area contributed by atoms with E-state index in [9.17, 15) is 0 Å². The van der Waals surface area contributed by atoms with Crippen LogP contribution in [0.25, 0.3) is 22.3 Å². The van der Waals surface area contributed by atoms with Gasteiger partial charge in [-0.1, -0.05) is 116 Å². The van der Waals surface area contributed by atoms with Crippen LogP contribution in [0.5, 0.6) is 5.75 Å². The number of anilines is 1. The summed E-state index contributed by atoms with van der Waals surface area (Å²) in [6, 6.07) is 33.6. The Morgan fingerprint density at radius 2 is 1.58 bits per heavy atom. The maximum absolute atomic E-state index is 7.15. The highest BCUT2D eigenvalue weighted by Crippen LogP contribution is 2.67. The molecule has 0 fully saturated rings. The Hall–Kier alpha value is -5.93. The van der Waals surface area contributed by atoms with E-state index in [4.69, 9.17) is 11.3 Å². The van der Waals surface area contributed by atoms with Gasteiger partial charge in [-0.25, -0.2) is 0 Å². The van der Waals surface area contributed by atoms with E-state index in [0.717, 1.165) is 46.6 Å². The molecule has 0 saturated heterocycles. The van der Waals surface area contributed by atoms with E-state index in [1.54, 1.807) is 0 Å². The molecule has 4 aromatic rings. The molecule has 3 aliphatic carbocycles. The van der Waals surface area contributed by atoms with E-state index >= 15 is 0 Å². The van der Waals surface area contributed by atoms with Gasteiger partial charge in [0.25, 0.3) is 0 Å². The van der Waals surface area contributed by atoms with Gasteiger partial charge in [0, 0.05) is 40.9 Å². The number of ether oxygens (including phenoxy) is 1. The van der Waals surface area contributed by atoms with Crippen molar-refractivity contribution in [3.63, 3.8) is 0 Å². The molecule has 2 unspecified atom stereocenters. The maximum atomic E-state index is 7.15. The highest BCUT2D eigenvalue weighted by molar-refractivity contribution is 6.14. The molecule has 0 amide bonds. The first-order chi connectivity index (χ1) is 23.7. The minimum absolute atomic E-state index is 0.0769. The van der Waals surface area contributed by atoms with E-state index < -0.39 is 0 Å². The molecule has 0 aromatic heterocycles. The van der Waals surface area contributed by atoms with Crippen LogP contribution in [0.3, 0.4) is 0 Å². The van der Waals surface area contributed by atoms with Gasteiger partial charge in [-0.05, 0) is 75.1 Å². The lowest BCUT2D eigenvalue weighted by Gasteiger charge is -2.49. The van der Waals surface area contributed by atoms with Crippen molar-refractivity contribution in [1.82, 2.24) is 0 Å². The molecule has 1 spiro atoms. The van der Waals surface area contributed by atoms with Crippen LogP contribution in [0.4, 0.5) is 5.69 Å². The Morgan fingerprint density at radius 1 is 0.792 bits per heavy atom. The fraction of sp³-hybridized carbons (Fsp3) is 0.0889. The Bertz CT molecular complexity index is 2440. The van der Waals surface area contributed by atoms with Crippen molar-refractivity contribution in [2.75, 3.05) is 4.90 Å². The zero-order valence-corrected chi connectivity index (χ0v) is 26.3. The second kappa shape index (κ2) is 9.33. The van der Waals surface area contributed by atoms with Crippen LogP contribution < -0.4 is 9.64 Å². The molecule has 4 aromatic carbocycles. The monoisotopic (exact) mass is 614 g/mol. The molecule has 0 bridgehead atoms. The Morgan fingerprint density at radius 3 is 2.44 bits per heavy atom. The zero-order valence-electron chi connectivity index (χ0n) is 26.3. The van der Waals surface area contributed by atoms with Crippen molar-refractivity contribution in [2.24, 2.45) is 4.99 Å². The van der Waals surface area contributed by atoms with Crippen molar-refractivity contribution in [2.45, 2.75) is 24.2 Å². The topological polar surface area (TPSA) is 24.8 Å². The summed E-state index contributed by atoms with van der Waals surface area (Å²) >= 11 is 0. The molecule has 226 valence electrons.